The molecule has 0 fully saturated rings. The highest BCUT2D eigenvalue weighted by atomic mass is 16.4. The van der Waals surface area contributed by atoms with Crippen LogP contribution in [-0.4, -0.2) is 11.1 Å². The van der Waals surface area contributed by atoms with Crippen molar-refractivity contribution in [1.82, 2.24) is 0 Å². The van der Waals surface area contributed by atoms with Crippen molar-refractivity contribution in [3.63, 3.8) is 0 Å². The van der Waals surface area contributed by atoms with Crippen LogP contribution in [-0.2, 0) is 4.79 Å². The highest BCUT2D eigenvalue weighted by Gasteiger charge is 2.01. The van der Waals surface area contributed by atoms with Gasteiger partial charge in [0.1, 0.15) is 0 Å². The monoisotopic (exact) mass is 200 g/mol. The van der Waals surface area contributed by atoms with E-state index in [-0.39, 0.29) is 0 Å². The van der Waals surface area contributed by atoms with Crippen LogP contribution in [0.25, 0.3) is 0 Å². The zero-order valence-corrected chi connectivity index (χ0v) is 9.59. The van der Waals surface area contributed by atoms with Gasteiger partial charge in [-0.05, 0) is 12.3 Å². The van der Waals surface area contributed by atoms with E-state index in [0.717, 1.165) is 18.8 Å². The molecule has 0 amide bonds. The Kier molecular flexibility index (Phi) is 8.70. The van der Waals surface area contributed by atoms with E-state index < -0.39 is 5.97 Å². The van der Waals surface area contributed by atoms with Crippen LogP contribution in [0.3, 0.4) is 0 Å². The first-order valence-electron chi connectivity index (χ1n) is 5.88. The molecule has 0 spiro atoms. The number of carbonyl (C=O) groups is 1. The Morgan fingerprint density at radius 3 is 2.36 bits per heavy atom. The van der Waals surface area contributed by atoms with Gasteiger partial charge in [-0.15, -0.1) is 0 Å². The first-order chi connectivity index (χ1) is 6.66. The third kappa shape index (κ3) is 9.56. The van der Waals surface area contributed by atoms with Crippen molar-refractivity contribution in [1.29, 1.82) is 0 Å². The zero-order chi connectivity index (χ0) is 10.8. The molecular formula is C12H24O2. The van der Waals surface area contributed by atoms with Gasteiger partial charge in [-0.3, -0.25) is 4.79 Å². The van der Waals surface area contributed by atoms with Crippen molar-refractivity contribution in [3.05, 3.63) is 0 Å². The second kappa shape index (κ2) is 9.04. The first kappa shape index (κ1) is 13.5. The van der Waals surface area contributed by atoms with E-state index in [0.29, 0.717) is 6.42 Å². The lowest BCUT2D eigenvalue weighted by Crippen LogP contribution is -1.96. The summed E-state index contributed by atoms with van der Waals surface area (Å²) in [6.07, 6.45) is 8.65. The molecule has 0 bridgehead atoms. The highest BCUT2D eigenvalue weighted by molar-refractivity contribution is 5.66. The molecule has 0 aliphatic heterocycles. The summed E-state index contributed by atoms with van der Waals surface area (Å²) in [5.74, 6) is 0.156. The lowest BCUT2D eigenvalue weighted by molar-refractivity contribution is -0.137. The SMILES string of the molecule is CCCC[C@@H](C)CCCCCC(=O)O. The Morgan fingerprint density at radius 1 is 1.14 bits per heavy atom. The molecule has 0 aromatic carbocycles. The normalized spacial score (nSPS) is 12.7. The molecule has 0 unspecified atom stereocenters. The van der Waals surface area contributed by atoms with Gasteiger partial charge in [0.15, 0.2) is 0 Å². The molecule has 0 aliphatic carbocycles. The van der Waals surface area contributed by atoms with Crippen LogP contribution in [0.15, 0.2) is 0 Å². The number of carboxylic acid groups (broad SMARTS) is 1. The van der Waals surface area contributed by atoms with Crippen molar-refractivity contribution < 1.29 is 9.90 Å². The van der Waals surface area contributed by atoms with Crippen LogP contribution in [0.2, 0.25) is 0 Å². The summed E-state index contributed by atoms with van der Waals surface area (Å²) in [5, 5.41) is 8.44. The molecule has 0 saturated carbocycles. The number of unbranched alkanes of at least 4 members (excludes halogenated alkanes) is 3. The van der Waals surface area contributed by atoms with Crippen LogP contribution in [0.5, 0.6) is 0 Å². The third-order valence-electron chi connectivity index (χ3n) is 2.64. The average Bonchev–Trinajstić information content (AvgIpc) is 2.13. The zero-order valence-electron chi connectivity index (χ0n) is 9.59. The van der Waals surface area contributed by atoms with Crippen molar-refractivity contribution in [3.8, 4) is 0 Å². The van der Waals surface area contributed by atoms with Crippen LogP contribution >= 0.6 is 0 Å². The lowest BCUT2D eigenvalue weighted by atomic mass is 9.97. The molecule has 1 N–H and O–H groups in total. The standard InChI is InChI=1S/C12H24O2/c1-3-4-8-11(2)9-6-5-7-10-12(13)14/h11H,3-10H2,1-2H3,(H,13,14)/t11-/m1/s1. The van der Waals surface area contributed by atoms with Crippen LogP contribution in [0.4, 0.5) is 0 Å². The minimum atomic E-state index is -0.663. The Labute approximate surface area is 87.7 Å². The average molecular weight is 200 g/mol. The minimum absolute atomic E-state index is 0.337. The summed E-state index contributed by atoms with van der Waals surface area (Å²) in [6, 6.07) is 0. The number of hydrogen-bond acceptors (Lipinski definition) is 1. The molecular weight excluding hydrogens is 176 g/mol. The first-order valence-corrected chi connectivity index (χ1v) is 5.88. The van der Waals surface area contributed by atoms with Gasteiger partial charge in [-0.2, -0.15) is 0 Å². The molecule has 2 nitrogen and oxygen atoms in total. The van der Waals surface area contributed by atoms with Gasteiger partial charge in [0, 0.05) is 6.42 Å². The maximum Gasteiger partial charge on any atom is 0.303 e. The number of rotatable bonds is 9. The van der Waals surface area contributed by atoms with E-state index in [4.69, 9.17) is 5.11 Å². The summed E-state index contributed by atoms with van der Waals surface area (Å²) in [5.41, 5.74) is 0. The van der Waals surface area contributed by atoms with Crippen LogP contribution in [0, 0.1) is 5.92 Å². The van der Waals surface area contributed by atoms with E-state index in [9.17, 15) is 4.79 Å². The summed E-state index contributed by atoms with van der Waals surface area (Å²) in [6.45, 7) is 4.52. The number of aliphatic carboxylic acids is 1. The summed E-state index contributed by atoms with van der Waals surface area (Å²) < 4.78 is 0. The topological polar surface area (TPSA) is 37.3 Å². The quantitative estimate of drug-likeness (QED) is 0.574. The second-order valence-corrected chi connectivity index (χ2v) is 4.24. The summed E-state index contributed by atoms with van der Waals surface area (Å²) in [4.78, 5) is 10.2. The van der Waals surface area contributed by atoms with Gasteiger partial charge in [-0.25, -0.2) is 0 Å². The van der Waals surface area contributed by atoms with Crippen LogP contribution < -0.4 is 0 Å². The molecule has 0 saturated heterocycles. The Balaban J connectivity index is 3.14. The fourth-order valence-electron chi connectivity index (χ4n) is 1.64. The fraction of sp³-hybridized carbons (Fsp3) is 0.917. The van der Waals surface area contributed by atoms with E-state index >= 15 is 0 Å². The molecule has 0 radical (unpaired) electrons. The van der Waals surface area contributed by atoms with Crippen molar-refractivity contribution in [2.24, 2.45) is 5.92 Å². The third-order valence-corrected chi connectivity index (χ3v) is 2.64. The van der Waals surface area contributed by atoms with Gasteiger partial charge in [0.05, 0.1) is 0 Å². The van der Waals surface area contributed by atoms with Crippen molar-refractivity contribution in [2.45, 2.75) is 65.2 Å². The van der Waals surface area contributed by atoms with E-state index in [1.165, 1.54) is 32.1 Å². The lowest BCUT2D eigenvalue weighted by Gasteiger charge is -2.09. The smallest absolute Gasteiger partial charge is 0.303 e. The Morgan fingerprint density at radius 2 is 1.79 bits per heavy atom. The Bertz CT molecular complexity index is 143. The van der Waals surface area contributed by atoms with E-state index in [1.807, 2.05) is 0 Å². The maximum atomic E-state index is 10.2. The minimum Gasteiger partial charge on any atom is -0.481 e. The van der Waals surface area contributed by atoms with Gasteiger partial charge in [0.2, 0.25) is 0 Å². The van der Waals surface area contributed by atoms with Crippen molar-refractivity contribution in [2.75, 3.05) is 0 Å². The fourth-order valence-corrected chi connectivity index (χ4v) is 1.64. The largest absolute Gasteiger partial charge is 0.481 e. The van der Waals surface area contributed by atoms with Gasteiger partial charge >= 0.3 is 5.97 Å². The van der Waals surface area contributed by atoms with E-state index in [1.54, 1.807) is 0 Å². The molecule has 0 heterocycles. The number of hydrogen-bond donors (Lipinski definition) is 1. The predicted octanol–water partition coefficient (Wildman–Crippen LogP) is 3.85. The maximum absolute atomic E-state index is 10.2. The summed E-state index contributed by atoms with van der Waals surface area (Å²) >= 11 is 0. The predicted molar refractivity (Wildman–Crippen MR) is 59.4 cm³/mol. The molecule has 0 aromatic heterocycles. The molecule has 0 rings (SSSR count). The van der Waals surface area contributed by atoms with Crippen LogP contribution in [0.1, 0.15) is 65.2 Å². The molecule has 84 valence electrons. The second-order valence-electron chi connectivity index (χ2n) is 4.24. The van der Waals surface area contributed by atoms with Crippen molar-refractivity contribution >= 4 is 5.97 Å². The molecule has 0 aromatic rings. The van der Waals surface area contributed by atoms with Gasteiger partial charge in [0.25, 0.3) is 0 Å². The molecule has 1 atom stereocenters. The Hall–Kier alpha value is -0.530. The highest BCUT2D eigenvalue weighted by Crippen LogP contribution is 2.16. The van der Waals surface area contributed by atoms with E-state index in [2.05, 4.69) is 13.8 Å². The van der Waals surface area contributed by atoms with Gasteiger partial charge < -0.3 is 5.11 Å². The summed E-state index contributed by atoms with van der Waals surface area (Å²) in [7, 11) is 0. The number of carboxylic acids is 1. The molecule has 2 heteroatoms. The molecule has 14 heavy (non-hydrogen) atoms. The molecule has 0 aliphatic rings. The van der Waals surface area contributed by atoms with Gasteiger partial charge in [-0.1, -0.05) is 52.4 Å².